The normalized spacial score (nSPS) is 12.7. The molecule has 1 heterocycles. The lowest BCUT2D eigenvalue weighted by Gasteiger charge is -2.19. The number of thiophene rings is 1. The maximum Gasteiger partial charge on any atom is 0.0686 e. The summed E-state index contributed by atoms with van der Waals surface area (Å²) in [6.07, 6.45) is 1.09. The molecule has 0 aliphatic rings. The first-order valence-electron chi connectivity index (χ1n) is 6.47. The Morgan fingerprint density at radius 3 is 2.60 bits per heavy atom. The second-order valence-electron chi connectivity index (χ2n) is 4.61. The molecule has 2 aromatic rings. The van der Waals surface area contributed by atoms with E-state index in [0.717, 1.165) is 32.5 Å². The van der Waals surface area contributed by atoms with Crippen molar-refractivity contribution < 1.29 is 0 Å². The van der Waals surface area contributed by atoms with Gasteiger partial charge in [0.25, 0.3) is 0 Å². The third kappa shape index (κ3) is 3.86. The minimum absolute atomic E-state index is 0.144. The number of hydrogen-bond acceptors (Lipinski definition) is 2. The molecule has 2 rings (SSSR count). The summed E-state index contributed by atoms with van der Waals surface area (Å²) >= 11 is 15.3. The molecule has 5 heteroatoms. The van der Waals surface area contributed by atoms with Crippen LogP contribution in [0.15, 0.2) is 33.2 Å². The van der Waals surface area contributed by atoms with Crippen LogP contribution in [0.4, 0.5) is 0 Å². The molecule has 1 unspecified atom stereocenters. The Morgan fingerprint density at radius 1 is 1.30 bits per heavy atom. The largest absolute Gasteiger partial charge is 0.306 e. The van der Waals surface area contributed by atoms with Crippen LogP contribution in [-0.4, -0.2) is 6.54 Å². The number of aryl methyl sites for hydroxylation is 1. The van der Waals surface area contributed by atoms with E-state index in [-0.39, 0.29) is 6.04 Å². The van der Waals surface area contributed by atoms with Gasteiger partial charge in [0.15, 0.2) is 0 Å². The van der Waals surface area contributed by atoms with E-state index in [1.165, 1.54) is 9.75 Å². The molecule has 1 nitrogen and oxygen atoms in total. The third-order valence-corrected chi connectivity index (χ3v) is 6.05. The first kappa shape index (κ1) is 16.5. The molecule has 0 spiro atoms. The summed E-state index contributed by atoms with van der Waals surface area (Å²) in [6, 6.07) is 8.41. The highest BCUT2D eigenvalue weighted by molar-refractivity contribution is 9.10. The van der Waals surface area contributed by atoms with Crippen LogP contribution in [0.2, 0.25) is 5.02 Å². The molecule has 0 bridgehead atoms. The van der Waals surface area contributed by atoms with Crippen LogP contribution in [-0.2, 0) is 0 Å². The van der Waals surface area contributed by atoms with Gasteiger partial charge in [-0.3, -0.25) is 0 Å². The number of halogens is 3. The van der Waals surface area contributed by atoms with Crippen molar-refractivity contribution in [1.29, 1.82) is 0 Å². The zero-order chi connectivity index (χ0) is 14.7. The monoisotopic (exact) mass is 435 g/mol. The summed E-state index contributed by atoms with van der Waals surface area (Å²) in [5, 5.41) is 4.38. The second kappa shape index (κ2) is 7.41. The summed E-state index contributed by atoms with van der Waals surface area (Å²) in [6.45, 7) is 5.26. The maximum absolute atomic E-state index is 6.42. The molecule has 0 saturated carbocycles. The fourth-order valence-electron chi connectivity index (χ4n) is 2.01. The Kier molecular flexibility index (Phi) is 6.11. The Labute approximate surface area is 146 Å². The van der Waals surface area contributed by atoms with Gasteiger partial charge in [0, 0.05) is 23.7 Å². The van der Waals surface area contributed by atoms with E-state index in [0.29, 0.717) is 0 Å². The number of hydrogen-bond donors (Lipinski definition) is 1. The summed E-state index contributed by atoms with van der Waals surface area (Å²) in [7, 11) is 0. The van der Waals surface area contributed by atoms with Gasteiger partial charge in [0.1, 0.15) is 0 Å². The van der Waals surface area contributed by atoms with Gasteiger partial charge in [-0.05, 0) is 59.6 Å². The topological polar surface area (TPSA) is 12.0 Å². The highest BCUT2D eigenvalue weighted by atomic mass is 79.9. The standard InChI is InChI=1S/C15H16Br2ClNS/c1-3-6-19-15(14-8-12(17)9(2)20-14)11-5-4-10(16)7-13(11)18/h4-5,7-8,15,19H,3,6H2,1-2H3. The Morgan fingerprint density at radius 2 is 2.05 bits per heavy atom. The Balaban J connectivity index is 2.41. The molecule has 0 fully saturated rings. The molecule has 20 heavy (non-hydrogen) atoms. The van der Waals surface area contributed by atoms with E-state index in [2.05, 4.69) is 63.2 Å². The van der Waals surface area contributed by atoms with Crippen LogP contribution < -0.4 is 5.32 Å². The molecular formula is C15H16Br2ClNS. The predicted octanol–water partition coefficient (Wildman–Crippen LogP) is 6.32. The van der Waals surface area contributed by atoms with Crippen molar-refractivity contribution in [2.45, 2.75) is 26.3 Å². The number of rotatable bonds is 5. The average Bonchev–Trinajstić information content (AvgIpc) is 2.72. The van der Waals surface area contributed by atoms with Gasteiger partial charge in [0.05, 0.1) is 6.04 Å². The van der Waals surface area contributed by atoms with E-state index in [4.69, 9.17) is 11.6 Å². The van der Waals surface area contributed by atoms with Crippen LogP contribution in [0, 0.1) is 6.92 Å². The molecule has 0 aliphatic carbocycles. The zero-order valence-electron chi connectivity index (χ0n) is 11.3. The quantitative estimate of drug-likeness (QED) is 0.577. The van der Waals surface area contributed by atoms with Gasteiger partial charge in [-0.25, -0.2) is 0 Å². The van der Waals surface area contributed by atoms with Crippen LogP contribution in [0.5, 0.6) is 0 Å². The van der Waals surface area contributed by atoms with Crippen molar-refractivity contribution >= 4 is 54.8 Å². The van der Waals surface area contributed by atoms with Crippen molar-refractivity contribution in [3.05, 3.63) is 53.6 Å². The lowest BCUT2D eigenvalue weighted by atomic mass is 10.1. The molecule has 0 amide bonds. The van der Waals surface area contributed by atoms with Crippen molar-refractivity contribution in [2.24, 2.45) is 0 Å². The molecule has 1 atom stereocenters. The number of benzene rings is 1. The van der Waals surface area contributed by atoms with Gasteiger partial charge < -0.3 is 5.32 Å². The van der Waals surface area contributed by atoms with Gasteiger partial charge in [0.2, 0.25) is 0 Å². The molecule has 1 N–H and O–H groups in total. The summed E-state index contributed by atoms with van der Waals surface area (Å²) in [5.41, 5.74) is 1.12. The molecule has 1 aromatic carbocycles. The van der Waals surface area contributed by atoms with Crippen molar-refractivity contribution in [1.82, 2.24) is 5.32 Å². The zero-order valence-corrected chi connectivity index (χ0v) is 16.1. The fourth-order valence-corrected chi connectivity index (χ4v) is 4.45. The van der Waals surface area contributed by atoms with E-state index >= 15 is 0 Å². The van der Waals surface area contributed by atoms with Gasteiger partial charge in [-0.1, -0.05) is 40.5 Å². The van der Waals surface area contributed by atoms with Gasteiger partial charge in [-0.2, -0.15) is 0 Å². The smallest absolute Gasteiger partial charge is 0.0686 e. The van der Waals surface area contributed by atoms with E-state index in [1.54, 1.807) is 11.3 Å². The van der Waals surface area contributed by atoms with Crippen molar-refractivity contribution in [2.75, 3.05) is 6.54 Å². The lowest BCUT2D eigenvalue weighted by Crippen LogP contribution is -2.22. The molecule has 0 aliphatic heterocycles. The minimum atomic E-state index is 0.144. The van der Waals surface area contributed by atoms with Crippen LogP contribution in [0.1, 0.15) is 34.7 Å². The SMILES string of the molecule is CCCNC(c1cc(Br)c(C)s1)c1ccc(Br)cc1Cl. The predicted molar refractivity (Wildman–Crippen MR) is 96.0 cm³/mol. The van der Waals surface area contributed by atoms with Crippen molar-refractivity contribution in [3.63, 3.8) is 0 Å². The van der Waals surface area contributed by atoms with Crippen LogP contribution in [0.3, 0.4) is 0 Å². The third-order valence-electron chi connectivity index (χ3n) is 3.03. The van der Waals surface area contributed by atoms with Crippen molar-refractivity contribution in [3.8, 4) is 0 Å². The molecule has 108 valence electrons. The first-order chi connectivity index (χ1) is 9.52. The summed E-state index contributed by atoms with van der Waals surface area (Å²) in [4.78, 5) is 2.57. The Bertz CT molecular complexity index is 578. The molecule has 1 aromatic heterocycles. The molecule has 0 radical (unpaired) electrons. The van der Waals surface area contributed by atoms with Crippen LogP contribution in [0.25, 0.3) is 0 Å². The van der Waals surface area contributed by atoms with Gasteiger partial charge in [-0.15, -0.1) is 11.3 Å². The lowest BCUT2D eigenvalue weighted by molar-refractivity contribution is 0.606. The second-order valence-corrected chi connectivity index (χ2v) is 8.07. The number of nitrogens with one attached hydrogen (secondary N) is 1. The van der Waals surface area contributed by atoms with E-state index in [1.807, 2.05) is 12.1 Å². The fraction of sp³-hybridized carbons (Fsp3) is 0.333. The Hall–Kier alpha value is 0.130. The highest BCUT2D eigenvalue weighted by Gasteiger charge is 2.19. The van der Waals surface area contributed by atoms with E-state index in [9.17, 15) is 0 Å². The maximum atomic E-state index is 6.42. The van der Waals surface area contributed by atoms with Crippen LogP contribution >= 0.6 is 54.8 Å². The van der Waals surface area contributed by atoms with E-state index < -0.39 is 0 Å². The highest BCUT2D eigenvalue weighted by Crippen LogP contribution is 2.36. The average molecular weight is 438 g/mol. The van der Waals surface area contributed by atoms with Gasteiger partial charge >= 0.3 is 0 Å². The molecule has 0 saturated heterocycles. The summed E-state index contributed by atoms with van der Waals surface area (Å²) in [5.74, 6) is 0. The molecular weight excluding hydrogens is 422 g/mol. The first-order valence-corrected chi connectivity index (χ1v) is 9.25. The summed E-state index contributed by atoms with van der Waals surface area (Å²) < 4.78 is 2.16. The minimum Gasteiger partial charge on any atom is -0.306 e.